The van der Waals surface area contributed by atoms with E-state index in [4.69, 9.17) is 4.42 Å². The number of amides is 1. The number of benzene rings is 3. The molecule has 4 rings (SSSR count). The second-order valence-electron chi connectivity index (χ2n) is 8.37. The van der Waals surface area contributed by atoms with Gasteiger partial charge < -0.3 is 9.73 Å². The molecule has 4 aromatic rings. The molecule has 1 aromatic heterocycles. The average molecular weight is 413 g/mol. The number of carbonyl (C=O) groups excluding carboxylic acids is 1. The number of fused-ring (bicyclic) bond motifs is 1. The summed E-state index contributed by atoms with van der Waals surface area (Å²) >= 11 is 0. The van der Waals surface area contributed by atoms with Gasteiger partial charge in [0.05, 0.1) is 0 Å². The molecule has 0 radical (unpaired) electrons. The smallest absolute Gasteiger partial charge is 0.255 e. The van der Waals surface area contributed by atoms with Crippen molar-refractivity contribution in [2.75, 3.05) is 5.32 Å². The van der Waals surface area contributed by atoms with Gasteiger partial charge in [0, 0.05) is 16.8 Å². The van der Waals surface area contributed by atoms with Gasteiger partial charge in [-0.05, 0) is 71.8 Å². The number of rotatable bonds is 6. The molecule has 1 N–H and O–H groups in total. The van der Waals surface area contributed by atoms with Gasteiger partial charge in [-0.1, -0.05) is 52.0 Å². The zero-order valence-corrected chi connectivity index (χ0v) is 18.5. The van der Waals surface area contributed by atoms with E-state index in [1.165, 1.54) is 11.1 Å². The molecule has 0 aliphatic carbocycles. The summed E-state index contributed by atoms with van der Waals surface area (Å²) in [5.41, 5.74) is 6.26. The third kappa shape index (κ3) is 4.53. The van der Waals surface area contributed by atoms with Crippen molar-refractivity contribution in [3.8, 4) is 11.5 Å². The molecule has 31 heavy (non-hydrogen) atoms. The van der Waals surface area contributed by atoms with Crippen molar-refractivity contribution in [2.45, 2.75) is 46.0 Å². The van der Waals surface area contributed by atoms with E-state index in [2.05, 4.69) is 50.1 Å². The molecule has 3 aromatic carbocycles. The Labute approximate surface area is 183 Å². The summed E-state index contributed by atoms with van der Waals surface area (Å²) in [5.74, 6) is 1.33. The number of anilines is 1. The Balaban J connectivity index is 1.56. The van der Waals surface area contributed by atoms with Crippen LogP contribution < -0.4 is 5.32 Å². The van der Waals surface area contributed by atoms with Gasteiger partial charge >= 0.3 is 0 Å². The Kier molecular flexibility index (Phi) is 5.90. The van der Waals surface area contributed by atoms with Gasteiger partial charge in [-0.15, -0.1) is 0 Å². The van der Waals surface area contributed by atoms with Crippen LogP contribution in [-0.4, -0.2) is 10.9 Å². The minimum Gasteiger partial charge on any atom is -0.436 e. The van der Waals surface area contributed by atoms with E-state index in [9.17, 15) is 4.79 Å². The molecule has 4 heteroatoms. The van der Waals surface area contributed by atoms with Crippen molar-refractivity contribution >= 4 is 22.7 Å². The topological polar surface area (TPSA) is 55.1 Å². The third-order valence-corrected chi connectivity index (χ3v) is 5.80. The lowest BCUT2D eigenvalue weighted by Gasteiger charge is -2.08. The zero-order valence-electron chi connectivity index (χ0n) is 18.5. The van der Waals surface area contributed by atoms with E-state index in [0.717, 1.165) is 23.1 Å². The monoisotopic (exact) mass is 412 g/mol. The van der Waals surface area contributed by atoms with Gasteiger partial charge in [0.25, 0.3) is 5.91 Å². The lowest BCUT2D eigenvalue weighted by atomic mass is 9.98. The van der Waals surface area contributed by atoms with E-state index in [-0.39, 0.29) is 5.91 Å². The van der Waals surface area contributed by atoms with Gasteiger partial charge in [-0.3, -0.25) is 4.79 Å². The van der Waals surface area contributed by atoms with Crippen molar-refractivity contribution in [2.24, 2.45) is 0 Å². The minimum atomic E-state index is -0.136. The highest BCUT2D eigenvalue weighted by Crippen LogP contribution is 2.29. The Morgan fingerprint density at radius 1 is 0.968 bits per heavy atom. The van der Waals surface area contributed by atoms with Crippen LogP contribution >= 0.6 is 0 Å². The summed E-state index contributed by atoms with van der Waals surface area (Å²) in [6.45, 7) is 8.67. The highest BCUT2D eigenvalue weighted by Gasteiger charge is 2.13. The molecule has 158 valence electrons. The summed E-state index contributed by atoms with van der Waals surface area (Å²) in [6, 6.07) is 21.5. The Morgan fingerprint density at radius 2 is 1.71 bits per heavy atom. The molecule has 0 saturated carbocycles. The lowest BCUT2D eigenvalue weighted by Crippen LogP contribution is -2.11. The molecule has 0 spiro atoms. The van der Waals surface area contributed by atoms with Crippen LogP contribution in [-0.2, 0) is 0 Å². The molecule has 1 atom stereocenters. The van der Waals surface area contributed by atoms with Crippen LogP contribution in [0, 0.1) is 0 Å². The van der Waals surface area contributed by atoms with Crippen LogP contribution in [0.25, 0.3) is 22.6 Å². The van der Waals surface area contributed by atoms with Crippen molar-refractivity contribution in [1.29, 1.82) is 0 Å². The third-order valence-electron chi connectivity index (χ3n) is 5.80. The first-order chi connectivity index (χ1) is 14.9. The second kappa shape index (κ2) is 8.76. The number of carbonyl (C=O) groups is 1. The van der Waals surface area contributed by atoms with Crippen LogP contribution in [0.1, 0.15) is 67.4 Å². The number of hydrogen-bond donors (Lipinski definition) is 1. The average Bonchev–Trinajstić information content (AvgIpc) is 3.22. The molecule has 0 saturated heterocycles. The minimum absolute atomic E-state index is 0.136. The molecule has 1 amide bonds. The van der Waals surface area contributed by atoms with Crippen LogP contribution in [0.5, 0.6) is 0 Å². The van der Waals surface area contributed by atoms with Gasteiger partial charge in [0.15, 0.2) is 5.58 Å². The first kappa shape index (κ1) is 20.9. The maximum absolute atomic E-state index is 12.7. The van der Waals surface area contributed by atoms with Gasteiger partial charge in [-0.25, -0.2) is 4.98 Å². The molecule has 0 fully saturated rings. The number of nitrogens with one attached hydrogen (secondary N) is 1. The van der Waals surface area contributed by atoms with E-state index < -0.39 is 0 Å². The molecule has 4 nitrogen and oxygen atoms in total. The highest BCUT2D eigenvalue weighted by atomic mass is 16.3. The van der Waals surface area contributed by atoms with E-state index in [1.54, 1.807) is 0 Å². The molecule has 0 aliphatic rings. The van der Waals surface area contributed by atoms with Crippen molar-refractivity contribution in [1.82, 2.24) is 4.98 Å². The van der Waals surface area contributed by atoms with E-state index in [1.807, 2.05) is 54.6 Å². The molecule has 1 heterocycles. The standard InChI is InChI=1S/C27H28N2O2/c1-5-18(4)21-13-14-25-24(16-21)29-27(31-25)22-7-6-8-23(15-22)28-26(30)20-11-9-19(10-12-20)17(2)3/h6-18H,5H2,1-4H3,(H,28,30)/t18-/m1/s1. The normalized spacial score (nSPS) is 12.3. The maximum Gasteiger partial charge on any atom is 0.255 e. The fourth-order valence-corrected chi connectivity index (χ4v) is 3.56. The SMILES string of the molecule is CC[C@@H](C)c1ccc2oc(-c3cccc(NC(=O)c4ccc(C(C)C)cc4)c3)nc2c1. The summed E-state index contributed by atoms with van der Waals surface area (Å²) in [6.07, 6.45) is 1.08. The van der Waals surface area contributed by atoms with Crippen molar-refractivity contribution < 1.29 is 9.21 Å². The molecule has 0 bridgehead atoms. The summed E-state index contributed by atoms with van der Waals surface area (Å²) in [5, 5.41) is 2.97. The van der Waals surface area contributed by atoms with Crippen molar-refractivity contribution in [3.05, 3.63) is 83.4 Å². The van der Waals surface area contributed by atoms with Gasteiger partial charge in [0.2, 0.25) is 5.89 Å². The van der Waals surface area contributed by atoms with Crippen LogP contribution in [0.2, 0.25) is 0 Å². The maximum atomic E-state index is 12.7. The molecular weight excluding hydrogens is 384 g/mol. The number of hydrogen-bond acceptors (Lipinski definition) is 3. The lowest BCUT2D eigenvalue weighted by molar-refractivity contribution is 0.102. The van der Waals surface area contributed by atoms with E-state index in [0.29, 0.717) is 29.0 Å². The molecule has 0 unspecified atom stereocenters. The number of aromatic nitrogens is 1. The fraction of sp³-hybridized carbons (Fsp3) is 0.259. The molecular formula is C27H28N2O2. The first-order valence-corrected chi connectivity index (χ1v) is 10.9. The largest absolute Gasteiger partial charge is 0.436 e. The highest BCUT2D eigenvalue weighted by molar-refractivity contribution is 6.04. The van der Waals surface area contributed by atoms with Crippen LogP contribution in [0.15, 0.2) is 71.1 Å². The predicted molar refractivity (Wildman–Crippen MR) is 127 cm³/mol. The van der Waals surface area contributed by atoms with Crippen LogP contribution in [0.4, 0.5) is 5.69 Å². The summed E-state index contributed by atoms with van der Waals surface area (Å²) < 4.78 is 5.98. The second-order valence-corrected chi connectivity index (χ2v) is 8.37. The Morgan fingerprint density at radius 3 is 2.42 bits per heavy atom. The fourth-order valence-electron chi connectivity index (χ4n) is 3.56. The van der Waals surface area contributed by atoms with Crippen LogP contribution in [0.3, 0.4) is 0 Å². The quantitative estimate of drug-likeness (QED) is 0.359. The predicted octanol–water partition coefficient (Wildman–Crippen LogP) is 7.38. The van der Waals surface area contributed by atoms with Gasteiger partial charge in [0.1, 0.15) is 5.52 Å². The Bertz CT molecular complexity index is 1210. The first-order valence-electron chi connectivity index (χ1n) is 10.9. The number of oxazole rings is 1. The Hall–Kier alpha value is -3.40. The summed E-state index contributed by atoms with van der Waals surface area (Å²) in [4.78, 5) is 17.3. The molecule has 0 aliphatic heterocycles. The van der Waals surface area contributed by atoms with Crippen molar-refractivity contribution in [3.63, 3.8) is 0 Å². The summed E-state index contributed by atoms with van der Waals surface area (Å²) in [7, 11) is 0. The number of nitrogens with zero attached hydrogens (tertiary/aromatic N) is 1. The van der Waals surface area contributed by atoms with Gasteiger partial charge in [-0.2, -0.15) is 0 Å². The van der Waals surface area contributed by atoms with E-state index >= 15 is 0 Å². The zero-order chi connectivity index (χ0) is 22.0.